The lowest BCUT2D eigenvalue weighted by atomic mass is 10.0. The van der Waals surface area contributed by atoms with Gasteiger partial charge in [0.25, 0.3) is 0 Å². The van der Waals surface area contributed by atoms with Crippen LogP contribution in [0.2, 0.25) is 15.1 Å². The lowest BCUT2D eigenvalue weighted by molar-refractivity contribution is -0.139. The van der Waals surface area contributed by atoms with Gasteiger partial charge in [-0.3, -0.25) is 13.9 Å². The Hall–Kier alpha value is -2.78. The maximum absolute atomic E-state index is 13.8. The molecule has 0 aromatic heterocycles. The number of anilines is 1. The first-order chi connectivity index (χ1) is 17.5. The van der Waals surface area contributed by atoms with Gasteiger partial charge in [-0.25, -0.2) is 8.42 Å². The van der Waals surface area contributed by atoms with Crippen molar-refractivity contribution >= 4 is 62.3 Å². The Balaban J connectivity index is 2.06. The number of nitrogens with zero attached hydrogens (tertiary/aromatic N) is 2. The van der Waals surface area contributed by atoms with E-state index in [4.69, 9.17) is 34.8 Å². The first kappa shape index (κ1) is 28.8. The molecule has 11 heteroatoms. The van der Waals surface area contributed by atoms with Crippen LogP contribution in [0.25, 0.3) is 0 Å². The van der Waals surface area contributed by atoms with E-state index < -0.39 is 34.4 Å². The first-order valence-corrected chi connectivity index (χ1v) is 14.2. The molecule has 0 spiro atoms. The first-order valence-electron chi connectivity index (χ1n) is 11.2. The molecule has 0 bridgehead atoms. The van der Waals surface area contributed by atoms with Gasteiger partial charge >= 0.3 is 0 Å². The smallest absolute Gasteiger partial charge is 0.244 e. The summed E-state index contributed by atoms with van der Waals surface area (Å²) in [4.78, 5) is 28.3. The lowest BCUT2D eigenvalue weighted by Crippen LogP contribution is -2.52. The number of benzene rings is 3. The van der Waals surface area contributed by atoms with Crippen molar-refractivity contribution < 1.29 is 18.0 Å². The maximum atomic E-state index is 13.8. The summed E-state index contributed by atoms with van der Waals surface area (Å²) in [6.45, 7) is -0.598. The van der Waals surface area contributed by atoms with E-state index in [1.54, 1.807) is 24.3 Å². The van der Waals surface area contributed by atoms with E-state index in [-0.39, 0.29) is 28.7 Å². The number of amides is 2. The average molecular weight is 583 g/mol. The molecular formula is C26H26Cl3N3O4S. The molecule has 0 aliphatic rings. The van der Waals surface area contributed by atoms with Crippen LogP contribution in [0.5, 0.6) is 0 Å². The summed E-state index contributed by atoms with van der Waals surface area (Å²) in [5, 5.41) is 3.46. The fourth-order valence-electron chi connectivity index (χ4n) is 3.83. The van der Waals surface area contributed by atoms with E-state index in [9.17, 15) is 18.0 Å². The van der Waals surface area contributed by atoms with Gasteiger partial charge in [-0.15, -0.1) is 0 Å². The summed E-state index contributed by atoms with van der Waals surface area (Å²) in [6, 6.07) is 19.5. The van der Waals surface area contributed by atoms with E-state index in [2.05, 4.69) is 5.32 Å². The molecule has 3 rings (SSSR count). The Morgan fingerprint density at radius 3 is 2.08 bits per heavy atom. The molecule has 196 valence electrons. The summed E-state index contributed by atoms with van der Waals surface area (Å²) in [7, 11) is -2.45. The van der Waals surface area contributed by atoms with Crippen LogP contribution in [0.1, 0.15) is 11.1 Å². The van der Waals surface area contributed by atoms with Gasteiger partial charge < -0.3 is 10.2 Å². The Kier molecular flexibility index (Phi) is 9.84. The van der Waals surface area contributed by atoms with Crippen molar-refractivity contribution in [2.24, 2.45) is 0 Å². The van der Waals surface area contributed by atoms with Crippen LogP contribution in [0.4, 0.5) is 5.69 Å². The number of rotatable bonds is 10. The fourth-order valence-corrected chi connectivity index (χ4v) is 5.37. The molecule has 0 radical (unpaired) electrons. The summed E-state index contributed by atoms with van der Waals surface area (Å²) in [5.74, 6) is -1.01. The average Bonchev–Trinajstić information content (AvgIpc) is 2.84. The minimum absolute atomic E-state index is 0.0165. The van der Waals surface area contributed by atoms with Crippen LogP contribution in [0, 0.1) is 0 Å². The minimum atomic E-state index is -3.93. The van der Waals surface area contributed by atoms with E-state index >= 15 is 0 Å². The Bertz CT molecular complexity index is 1350. The van der Waals surface area contributed by atoms with Gasteiger partial charge in [-0.1, -0.05) is 83.3 Å². The predicted octanol–water partition coefficient (Wildman–Crippen LogP) is 4.80. The van der Waals surface area contributed by atoms with Gasteiger partial charge in [0.05, 0.1) is 11.9 Å². The summed E-state index contributed by atoms with van der Waals surface area (Å²) >= 11 is 18.6. The van der Waals surface area contributed by atoms with Gasteiger partial charge in [0.2, 0.25) is 21.8 Å². The molecule has 0 saturated heterocycles. The van der Waals surface area contributed by atoms with Gasteiger partial charge in [0, 0.05) is 35.1 Å². The van der Waals surface area contributed by atoms with Crippen molar-refractivity contribution in [2.45, 2.75) is 19.0 Å². The number of halogens is 3. The second-order valence-corrected chi connectivity index (χ2v) is 11.5. The van der Waals surface area contributed by atoms with E-state index in [1.807, 2.05) is 30.3 Å². The van der Waals surface area contributed by atoms with Crippen LogP contribution >= 0.6 is 34.8 Å². The van der Waals surface area contributed by atoms with Crippen LogP contribution in [0.3, 0.4) is 0 Å². The quantitative estimate of drug-likeness (QED) is 0.372. The number of nitrogens with one attached hydrogen (secondary N) is 1. The molecule has 0 heterocycles. The largest absolute Gasteiger partial charge is 0.357 e. The molecule has 0 fully saturated rings. The molecule has 3 aromatic rings. The SMILES string of the molecule is CNC(=O)[C@@H](Cc1ccccc1)N(Cc1ccccc1Cl)C(=O)CN(c1cc(Cl)cc(Cl)c1)S(C)(=O)=O. The van der Waals surface area contributed by atoms with Crippen LogP contribution in [0.15, 0.2) is 72.8 Å². The van der Waals surface area contributed by atoms with Crippen molar-refractivity contribution in [3.05, 3.63) is 99.0 Å². The Labute approximate surface area is 232 Å². The topological polar surface area (TPSA) is 86.8 Å². The normalized spacial score (nSPS) is 12.0. The van der Waals surface area contributed by atoms with Gasteiger partial charge in [-0.05, 0) is 35.4 Å². The van der Waals surface area contributed by atoms with Crippen LogP contribution < -0.4 is 9.62 Å². The molecule has 2 amide bonds. The fraction of sp³-hybridized carbons (Fsp3) is 0.231. The maximum Gasteiger partial charge on any atom is 0.244 e. The summed E-state index contributed by atoms with van der Waals surface area (Å²) < 4.78 is 26.4. The highest BCUT2D eigenvalue weighted by atomic mass is 35.5. The number of carbonyl (C=O) groups excluding carboxylic acids is 2. The van der Waals surface area contributed by atoms with Gasteiger partial charge in [0.1, 0.15) is 12.6 Å². The van der Waals surface area contributed by atoms with Crippen molar-refractivity contribution in [1.82, 2.24) is 10.2 Å². The van der Waals surface area contributed by atoms with E-state index in [0.717, 1.165) is 16.1 Å². The molecule has 1 atom stereocenters. The van der Waals surface area contributed by atoms with E-state index in [0.29, 0.717) is 10.6 Å². The molecule has 7 nitrogen and oxygen atoms in total. The lowest BCUT2D eigenvalue weighted by Gasteiger charge is -2.33. The van der Waals surface area contributed by atoms with Gasteiger partial charge in [0.15, 0.2) is 0 Å². The molecular weight excluding hydrogens is 557 g/mol. The number of hydrogen-bond acceptors (Lipinski definition) is 4. The highest BCUT2D eigenvalue weighted by molar-refractivity contribution is 7.92. The molecule has 3 aromatic carbocycles. The standard InChI is InChI=1S/C26H26Cl3N3O4S/c1-30-26(34)24(12-18-8-4-3-5-9-18)31(16-19-10-6-7-11-23(19)29)25(33)17-32(37(2,35)36)22-14-20(27)13-21(28)15-22/h3-11,13-15,24H,12,16-17H2,1-2H3,(H,30,34)/t24-/m1/s1. The summed E-state index contributed by atoms with van der Waals surface area (Å²) in [5.41, 5.74) is 1.57. The highest BCUT2D eigenvalue weighted by Gasteiger charge is 2.33. The van der Waals surface area contributed by atoms with Gasteiger partial charge in [-0.2, -0.15) is 0 Å². The second-order valence-electron chi connectivity index (χ2n) is 8.33. The predicted molar refractivity (Wildman–Crippen MR) is 149 cm³/mol. The molecule has 0 aliphatic heterocycles. The summed E-state index contributed by atoms with van der Waals surface area (Å²) in [6.07, 6.45) is 1.19. The van der Waals surface area contributed by atoms with Crippen molar-refractivity contribution in [3.8, 4) is 0 Å². The Morgan fingerprint density at radius 1 is 0.919 bits per heavy atom. The zero-order valence-corrected chi connectivity index (χ0v) is 23.3. The zero-order valence-electron chi connectivity index (χ0n) is 20.2. The van der Waals surface area contributed by atoms with Crippen molar-refractivity contribution in [3.63, 3.8) is 0 Å². The van der Waals surface area contributed by atoms with E-state index in [1.165, 1.54) is 30.1 Å². The van der Waals surface area contributed by atoms with Crippen molar-refractivity contribution in [1.29, 1.82) is 0 Å². The molecule has 1 N–H and O–H groups in total. The minimum Gasteiger partial charge on any atom is -0.357 e. The van der Waals surface area contributed by atoms with Crippen LogP contribution in [-0.2, 0) is 32.6 Å². The second kappa shape index (κ2) is 12.6. The third kappa shape index (κ3) is 7.85. The third-order valence-corrected chi connectivity index (χ3v) is 7.58. The third-order valence-electron chi connectivity index (χ3n) is 5.63. The molecule has 37 heavy (non-hydrogen) atoms. The molecule has 0 aliphatic carbocycles. The molecule has 0 saturated carbocycles. The monoisotopic (exact) mass is 581 g/mol. The van der Waals surface area contributed by atoms with Crippen LogP contribution in [-0.4, -0.2) is 51.0 Å². The number of hydrogen-bond donors (Lipinski definition) is 1. The molecule has 0 unspecified atom stereocenters. The number of sulfonamides is 1. The highest BCUT2D eigenvalue weighted by Crippen LogP contribution is 2.28. The number of likely N-dealkylation sites (N-methyl/N-ethyl adjacent to an activating group) is 1. The Morgan fingerprint density at radius 2 is 1.51 bits per heavy atom. The zero-order chi connectivity index (χ0) is 27.2. The van der Waals surface area contributed by atoms with Crippen molar-refractivity contribution in [2.75, 3.05) is 24.2 Å². The number of carbonyl (C=O) groups is 2.